The monoisotopic (exact) mass is 379 g/mol. The van der Waals surface area contributed by atoms with Gasteiger partial charge >= 0.3 is 5.97 Å². The summed E-state index contributed by atoms with van der Waals surface area (Å²) in [5.41, 5.74) is 0.551. The normalized spacial score (nSPS) is 19.0. The number of amides is 1. The second-order valence-corrected chi connectivity index (χ2v) is 5.77. The van der Waals surface area contributed by atoms with E-state index in [1.54, 1.807) is 23.1 Å². The molecule has 1 amide bonds. The SMILES string of the molecule is O=C(O)C1CCN(C(=O)c2ccc(Cl)c(I)c2)C1. The number of rotatable bonds is 2. The smallest absolute Gasteiger partial charge is 0.308 e. The summed E-state index contributed by atoms with van der Waals surface area (Å²) in [6, 6.07) is 5.07. The summed E-state index contributed by atoms with van der Waals surface area (Å²) in [4.78, 5) is 24.6. The number of carbonyl (C=O) groups is 2. The Morgan fingerprint density at radius 1 is 1.44 bits per heavy atom. The number of carboxylic acids is 1. The molecule has 0 spiro atoms. The van der Waals surface area contributed by atoms with E-state index in [1.807, 2.05) is 0 Å². The van der Waals surface area contributed by atoms with Gasteiger partial charge in [-0.1, -0.05) is 11.6 Å². The fraction of sp³-hybridized carbons (Fsp3) is 0.333. The second-order valence-electron chi connectivity index (χ2n) is 4.20. The molecule has 1 N–H and O–H groups in total. The summed E-state index contributed by atoms with van der Waals surface area (Å²) in [7, 11) is 0. The molecule has 1 aromatic rings. The molecule has 0 saturated carbocycles. The summed E-state index contributed by atoms with van der Waals surface area (Å²) < 4.78 is 0.814. The highest BCUT2D eigenvalue weighted by Gasteiger charge is 2.31. The highest BCUT2D eigenvalue weighted by atomic mass is 127. The van der Waals surface area contributed by atoms with Crippen LogP contribution in [0.2, 0.25) is 5.02 Å². The van der Waals surface area contributed by atoms with Gasteiger partial charge in [-0.3, -0.25) is 9.59 Å². The minimum Gasteiger partial charge on any atom is -0.481 e. The zero-order chi connectivity index (χ0) is 13.3. The van der Waals surface area contributed by atoms with Crippen molar-refractivity contribution in [2.45, 2.75) is 6.42 Å². The van der Waals surface area contributed by atoms with Crippen molar-refractivity contribution < 1.29 is 14.7 Å². The van der Waals surface area contributed by atoms with Gasteiger partial charge in [0.25, 0.3) is 5.91 Å². The first-order chi connectivity index (χ1) is 8.49. The van der Waals surface area contributed by atoms with Gasteiger partial charge in [-0.25, -0.2) is 0 Å². The lowest BCUT2D eigenvalue weighted by molar-refractivity contribution is -0.141. The van der Waals surface area contributed by atoms with Crippen LogP contribution < -0.4 is 0 Å². The zero-order valence-electron chi connectivity index (χ0n) is 9.40. The number of halogens is 2. The summed E-state index contributed by atoms with van der Waals surface area (Å²) in [6.07, 6.45) is 0.520. The molecular weight excluding hydrogens is 368 g/mol. The van der Waals surface area contributed by atoms with Gasteiger partial charge < -0.3 is 10.0 Å². The maximum absolute atomic E-state index is 12.2. The molecule has 1 aromatic carbocycles. The number of benzene rings is 1. The van der Waals surface area contributed by atoms with Gasteiger partial charge in [0.1, 0.15) is 0 Å². The van der Waals surface area contributed by atoms with Gasteiger partial charge in [0.15, 0.2) is 0 Å². The van der Waals surface area contributed by atoms with Gasteiger partial charge in [-0.15, -0.1) is 0 Å². The second kappa shape index (κ2) is 5.44. The Labute approximate surface area is 123 Å². The lowest BCUT2D eigenvalue weighted by Crippen LogP contribution is -2.29. The Morgan fingerprint density at radius 2 is 2.17 bits per heavy atom. The summed E-state index contributed by atoms with van der Waals surface area (Å²) in [5, 5.41) is 9.52. The number of hydrogen-bond donors (Lipinski definition) is 1. The number of nitrogens with zero attached hydrogens (tertiary/aromatic N) is 1. The molecule has 0 radical (unpaired) electrons. The maximum atomic E-state index is 12.2. The van der Waals surface area contributed by atoms with E-state index in [-0.39, 0.29) is 12.5 Å². The molecule has 1 aliphatic rings. The average molecular weight is 380 g/mol. The van der Waals surface area contributed by atoms with E-state index in [1.165, 1.54) is 0 Å². The van der Waals surface area contributed by atoms with Crippen LogP contribution in [0.25, 0.3) is 0 Å². The molecule has 0 aliphatic carbocycles. The molecule has 1 heterocycles. The predicted octanol–water partition coefficient (Wildman–Crippen LogP) is 2.49. The fourth-order valence-electron chi connectivity index (χ4n) is 1.96. The van der Waals surface area contributed by atoms with Gasteiger partial charge in [0.2, 0.25) is 0 Å². The quantitative estimate of drug-likeness (QED) is 0.803. The predicted molar refractivity (Wildman–Crippen MR) is 75.8 cm³/mol. The third-order valence-electron chi connectivity index (χ3n) is 2.99. The molecule has 96 valence electrons. The lowest BCUT2D eigenvalue weighted by atomic mass is 10.1. The Morgan fingerprint density at radius 3 is 2.72 bits per heavy atom. The molecule has 1 aliphatic heterocycles. The molecule has 18 heavy (non-hydrogen) atoms. The largest absolute Gasteiger partial charge is 0.481 e. The third kappa shape index (κ3) is 2.77. The number of carboxylic acid groups (broad SMARTS) is 1. The van der Waals surface area contributed by atoms with Crippen LogP contribution in [-0.4, -0.2) is 35.0 Å². The van der Waals surface area contributed by atoms with Crippen LogP contribution in [0.5, 0.6) is 0 Å². The van der Waals surface area contributed by atoms with Crippen molar-refractivity contribution >= 4 is 46.1 Å². The molecule has 0 bridgehead atoms. The fourth-order valence-corrected chi connectivity index (χ4v) is 2.59. The van der Waals surface area contributed by atoms with Crippen molar-refractivity contribution in [1.82, 2.24) is 4.90 Å². The van der Waals surface area contributed by atoms with Gasteiger partial charge in [0, 0.05) is 22.2 Å². The topological polar surface area (TPSA) is 57.6 Å². The van der Waals surface area contributed by atoms with E-state index in [0.29, 0.717) is 23.6 Å². The van der Waals surface area contributed by atoms with Crippen LogP contribution in [0.15, 0.2) is 18.2 Å². The van der Waals surface area contributed by atoms with E-state index in [2.05, 4.69) is 22.6 Å². The Hall–Kier alpha value is -0.820. The van der Waals surface area contributed by atoms with E-state index in [0.717, 1.165) is 3.57 Å². The Balaban J connectivity index is 2.12. The van der Waals surface area contributed by atoms with Crippen molar-refractivity contribution in [1.29, 1.82) is 0 Å². The minimum absolute atomic E-state index is 0.131. The van der Waals surface area contributed by atoms with E-state index in [4.69, 9.17) is 16.7 Å². The van der Waals surface area contributed by atoms with Crippen molar-refractivity contribution in [3.05, 3.63) is 32.4 Å². The Bertz CT molecular complexity index is 506. The van der Waals surface area contributed by atoms with E-state index < -0.39 is 11.9 Å². The van der Waals surface area contributed by atoms with Crippen LogP contribution >= 0.6 is 34.2 Å². The molecule has 1 unspecified atom stereocenters. The average Bonchev–Trinajstić information content (AvgIpc) is 2.81. The van der Waals surface area contributed by atoms with Crippen LogP contribution in [0.1, 0.15) is 16.8 Å². The molecular formula is C12H11ClINO3. The molecule has 6 heteroatoms. The van der Waals surface area contributed by atoms with Crippen LogP contribution in [0.4, 0.5) is 0 Å². The van der Waals surface area contributed by atoms with Crippen molar-refractivity contribution in [3.63, 3.8) is 0 Å². The lowest BCUT2D eigenvalue weighted by Gasteiger charge is -2.16. The first-order valence-electron chi connectivity index (χ1n) is 5.46. The number of likely N-dealkylation sites (tertiary alicyclic amines) is 1. The molecule has 2 rings (SSSR count). The molecule has 1 fully saturated rings. The third-order valence-corrected chi connectivity index (χ3v) is 4.53. The first-order valence-corrected chi connectivity index (χ1v) is 6.92. The molecule has 1 atom stereocenters. The molecule has 1 saturated heterocycles. The summed E-state index contributed by atoms with van der Waals surface area (Å²) in [6.45, 7) is 0.780. The van der Waals surface area contributed by atoms with Crippen molar-refractivity contribution in [3.8, 4) is 0 Å². The number of hydrogen-bond acceptors (Lipinski definition) is 2. The highest BCUT2D eigenvalue weighted by molar-refractivity contribution is 14.1. The van der Waals surface area contributed by atoms with E-state index >= 15 is 0 Å². The first kappa shape index (κ1) is 13.6. The zero-order valence-corrected chi connectivity index (χ0v) is 12.3. The minimum atomic E-state index is -0.837. The maximum Gasteiger partial charge on any atom is 0.308 e. The van der Waals surface area contributed by atoms with Crippen molar-refractivity contribution in [2.24, 2.45) is 5.92 Å². The Kier molecular flexibility index (Phi) is 4.11. The summed E-state index contributed by atoms with van der Waals surface area (Å²) >= 11 is 7.96. The van der Waals surface area contributed by atoms with Gasteiger partial charge in [0.05, 0.1) is 10.9 Å². The van der Waals surface area contributed by atoms with Crippen LogP contribution in [0.3, 0.4) is 0 Å². The van der Waals surface area contributed by atoms with E-state index in [9.17, 15) is 9.59 Å². The number of aliphatic carboxylic acids is 1. The van der Waals surface area contributed by atoms with Gasteiger partial charge in [-0.05, 0) is 47.2 Å². The van der Waals surface area contributed by atoms with Crippen LogP contribution in [0, 0.1) is 9.49 Å². The van der Waals surface area contributed by atoms with Crippen molar-refractivity contribution in [2.75, 3.05) is 13.1 Å². The molecule has 0 aromatic heterocycles. The standard InChI is InChI=1S/C12H11ClINO3/c13-9-2-1-7(5-10(9)14)11(16)15-4-3-8(6-15)12(17)18/h1-2,5,8H,3-4,6H2,(H,17,18). The highest BCUT2D eigenvalue weighted by Crippen LogP contribution is 2.23. The number of carbonyl (C=O) groups excluding carboxylic acids is 1. The van der Waals surface area contributed by atoms with Crippen LogP contribution in [-0.2, 0) is 4.79 Å². The van der Waals surface area contributed by atoms with Gasteiger partial charge in [-0.2, -0.15) is 0 Å². The summed E-state index contributed by atoms with van der Waals surface area (Å²) in [5.74, 6) is -1.41. The molecule has 4 nitrogen and oxygen atoms in total.